The third-order valence-electron chi connectivity index (χ3n) is 2.20. The van der Waals surface area contributed by atoms with E-state index in [1.165, 1.54) is 4.90 Å². The summed E-state index contributed by atoms with van der Waals surface area (Å²) < 4.78 is 35.9. The molecule has 0 radical (unpaired) electrons. The zero-order valence-electron chi connectivity index (χ0n) is 8.05. The van der Waals surface area contributed by atoms with Crippen LogP contribution in [0.3, 0.4) is 0 Å². The van der Waals surface area contributed by atoms with Crippen molar-refractivity contribution in [1.29, 1.82) is 0 Å². The predicted octanol–water partition coefficient (Wildman–Crippen LogP) is -1.76. The van der Waals surface area contributed by atoms with Gasteiger partial charge in [0.15, 0.2) is 0 Å². The molecule has 1 rings (SSSR count). The van der Waals surface area contributed by atoms with E-state index in [4.69, 9.17) is 5.73 Å². The van der Waals surface area contributed by atoms with E-state index in [0.717, 1.165) is 0 Å². The van der Waals surface area contributed by atoms with Gasteiger partial charge in [0.05, 0.1) is 0 Å². The SMILES string of the molecule is NC(=O)N1CCC(C[B-](F)(F)F)C1.[K+]. The first-order valence-corrected chi connectivity index (χ1v) is 4.14. The van der Waals surface area contributed by atoms with Crippen LogP contribution in [0.4, 0.5) is 17.7 Å². The van der Waals surface area contributed by atoms with E-state index >= 15 is 0 Å². The molecular formula is C6H11BF3KN2O. The first kappa shape index (κ1) is 14.8. The van der Waals surface area contributed by atoms with Crippen molar-refractivity contribution in [1.82, 2.24) is 4.90 Å². The molecule has 1 heterocycles. The molecule has 0 aromatic carbocycles. The number of rotatable bonds is 2. The summed E-state index contributed by atoms with van der Waals surface area (Å²) in [4.78, 5) is 11.8. The summed E-state index contributed by atoms with van der Waals surface area (Å²) in [5.74, 6) is -0.451. The van der Waals surface area contributed by atoms with E-state index in [1.807, 2.05) is 0 Å². The molecule has 2 N–H and O–H groups in total. The minimum Gasteiger partial charge on any atom is -0.449 e. The van der Waals surface area contributed by atoms with Crippen molar-refractivity contribution in [2.75, 3.05) is 13.1 Å². The largest absolute Gasteiger partial charge is 1.00 e. The van der Waals surface area contributed by atoms with Crippen molar-refractivity contribution in [3.8, 4) is 0 Å². The number of nitrogens with two attached hydrogens (primary N) is 1. The number of primary amides is 1. The van der Waals surface area contributed by atoms with Crippen LogP contribution >= 0.6 is 0 Å². The maximum atomic E-state index is 12.0. The molecule has 0 spiro atoms. The average Bonchev–Trinajstić information content (AvgIpc) is 2.31. The zero-order valence-corrected chi connectivity index (χ0v) is 11.2. The Hall–Kier alpha value is 0.761. The molecule has 1 aliphatic heterocycles. The fraction of sp³-hybridized carbons (Fsp3) is 0.833. The number of carbonyl (C=O) groups excluding carboxylic acids is 1. The van der Waals surface area contributed by atoms with Crippen molar-refractivity contribution in [2.45, 2.75) is 12.7 Å². The fourth-order valence-corrected chi connectivity index (χ4v) is 1.60. The van der Waals surface area contributed by atoms with Gasteiger partial charge < -0.3 is 23.6 Å². The van der Waals surface area contributed by atoms with Crippen LogP contribution in [0.1, 0.15) is 6.42 Å². The van der Waals surface area contributed by atoms with E-state index in [2.05, 4.69) is 0 Å². The van der Waals surface area contributed by atoms with Crippen molar-refractivity contribution in [3.05, 3.63) is 0 Å². The molecular weight excluding hydrogens is 223 g/mol. The van der Waals surface area contributed by atoms with Crippen LogP contribution in [0.15, 0.2) is 0 Å². The van der Waals surface area contributed by atoms with Gasteiger partial charge in [-0.05, 0) is 12.3 Å². The molecule has 3 nitrogen and oxygen atoms in total. The minimum absolute atomic E-state index is 0. The van der Waals surface area contributed by atoms with E-state index in [9.17, 15) is 17.7 Å². The van der Waals surface area contributed by atoms with E-state index in [1.54, 1.807) is 0 Å². The molecule has 0 aromatic rings. The summed E-state index contributed by atoms with van der Waals surface area (Å²) in [5.41, 5.74) is 4.93. The van der Waals surface area contributed by atoms with Crippen LogP contribution in [-0.2, 0) is 0 Å². The second kappa shape index (κ2) is 5.74. The summed E-state index contributed by atoms with van der Waals surface area (Å²) in [6, 6.07) is -0.628. The molecule has 14 heavy (non-hydrogen) atoms. The number of hydrogen-bond donors (Lipinski definition) is 1. The van der Waals surface area contributed by atoms with Gasteiger partial charge in [0.2, 0.25) is 0 Å². The fourth-order valence-electron chi connectivity index (χ4n) is 1.60. The normalized spacial score (nSPS) is 21.9. The molecule has 2 amide bonds. The topological polar surface area (TPSA) is 46.3 Å². The van der Waals surface area contributed by atoms with Gasteiger partial charge >= 0.3 is 64.4 Å². The summed E-state index contributed by atoms with van der Waals surface area (Å²) in [6.07, 6.45) is -0.353. The van der Waals surface area contributed by atoms with Crippen LogP contribution in [0.5, 0.6) is 0 Å². The number of likely N-dealkylation sites (tertiary alicyclic amines) is 1. The summed E-state index contributed by atoms with van der Waals surface area (Å²) in [6.45, 7) is -4.23. The first-order chi connectivity index (χ1) is 5.88. The van der Waals surface area contributed by atoms with Gasteiger partial charge in [0.25, 0.3) is 0 Å². The number of carbonyl (C=O) groups is 1. The molecule has 0 saturated carbocycles. The summed E-state index contributed by atoms with van der Waals surface area (Å²) in [5, 5.41) is 0. The summed E-state index contributed by atoms with van der Waals surface area (Å²) >= 11 is 0. The predicted molar refractivity (Wildman–Crippen MR) is 43.1 cm³/mol. The Balaban J connectivity index is 0.00000169. The van der Waals surface area contributed by atoms with Gasteiger partial charge in [-0.3, -0.25) is 0 Å². The Morgan fingerprint density at radius 3 is 2.43 bits per heavy atom. The monoisotopic (exact) mass is 234 g/mol. The average molecular weight is 234 g/mol. The molecule has 1 fully saturated rings. The number of nitrogens with zero attached hydrogens (tertiary/aromatic N) is 1. The van der Waals surface area contributed by atoms with Crippen molar-refractivity contribution in [3.63, 3.8) is 0 Å². The number of urea groups is 1. The van der Waals surface area contributed by atoms with Gasteiger partial charge in [-0.15, -0.1) is 0 Å². The van der Waals surface area contributed by atoms with Crippen LogP contribution in [0, 0.1) is 5.92 Å². The molecule has 1 unspecified atom stereocenters. The zero-order chi connectivity index (χ0) is 10.1. The van der Waals surface area contributed by atoms with Gasteiger partial charge in [-0.1, -0.05) is 6.32 Å². The molecule has 0 aliphatic carbocycles. The van der Waals surface area contributed by atoms with Gasteiger partial charge in [-0.2, -0.15) is 0 Å². The second-order valence-corrected chi connectivity index (χ2v) is 3.39. The van der Waals surface area contributed by atoms with E-state index < -0.39 is 25.2 Å². The molecule has 76 valence electrons. The maximum Gasteiger partial charge on any atom is 1.00 e. The Labute approximate surface area is 123 Å². The third kappa shape index (κ3) is 5.02. The Kier molecular flexibility index (Phi) is 6.05. The number of amides is 2. The second-order valence-electron chi connectivity index (χ2n) is 3.39. The quantitative estimate of drug-likeness (QED) is 0.565. The van der Waals surface area contributed by atoms with Crippen LogP contribution in [-0.4, -0.2) is 31.0 Å². The third-order valence-corrected chi connectivity index (χ3v) is 2.20. The summed E-state index contributed by atoms with van der Waals surface area (Å²) in [7, 11) is 0. The van der Waals surface area contributed by atoms with Crippen LogP contribution < -0.4 is 57.1 Å². The number of halogens is 3. The van der Waals surface area contributed by atoms with E-state index in [0.29, 0.717) is 13.0 Å². The molecule has 1 atom stereocenters. The molecule has 8 heteroatoms. The number of hydrogen-bond acceptors (Lipinski definition) is 1. The molecule has 0 bridgehead atoms. The van der Waals surface area contributed by atoms with Crippen molar-refractivity contribution >= 4 is 13.0 Å². The molecule has 0 aromatic heterocycles. The van der Waals surface area contributed by atoms with Crippen LogP contribution in [0.25, 0.3) is 0 Å². The van der Waals surface area contributed by atoms with Crippen molar-refractivity contribution < 1.29 is 69.1 Å². The first-order valence-electron chi connectivity index (χ1n) is 4.14. The Morgan fingerprint density at radius 2 is 2.07 bits per heavy atom. The minimum atomic E-state index is -4.74. The van der Waals surface area contributed by atoms with Gasteiger partial charge in [-0.25, -0.2) is 4.79 Å². The van der Waals surface area contributed by atoms with E-state index in [-0.39, 0.29) is 57.9 Å². The smallest absolute Gasteiger partial charge is 0.449 e. The standard InChI is InChI=1S/C6H11BF3N2O.K/c8-7(9,10)3-5-1-2-12(4-5)6(11)13;/h5H,1-4H2,(H2,11,13);/q-1;+1. The van der Waals surface area contributed by atoms with Crippen LogP contribution in [0.2, 0.25) is 6.32 Å². The maximum absolute atomic E-state index is 12.0. The molecule has 1 aliphatic rings. The molecule has 1 saturated heterocycles. The van der Waals surface area contributed by atoms with Crippen molar-refractivity contribution in [2.24, 2.45) is 11.7 Å². The Morgan fingerprint density at radius 1 is 1.50 bits per heavy atom. The van der Waals surface area contributed by atoms with Gasteiger partial charge in [0.1, 0.15) is 0 Å². The Bertz CT molecular complexity index is 214. The van der Waals surface area contributed by atoms with Gasteiger partial charge in [0, 0.05) is 13.1 Å².